The fourth-order valence-electron chi connectivity index (χ4n) is 1.92. The number of hydrogen-bond acceptors (Lipinski definition) is 5. The minimum absolute atomic E-state index is 0.0576. The average molecular weight is 289 g/mol. The maximum atomic E-state index is 11.9. The monoisotopic (exact) mass is 289 g/mol. The zero-order valence-electron chi connectivity index (χ0n) is 12.2. The average Bonchev–Trinajstić information content (AvgIpc) is 2.95. The fourth-order valence-corrected chi connectivity index (χ4v) is 1.92. The third kappa shape index (κ3) is 4.27. The lowest BCUT2D eigenvalue weighted by molar-refractivity contribution is -0.123. The lowest BCUT2D eigenvalue weighted by atomic mass is 10.3. The number of hydrogen-bond donors (Lipinski definition) is 1. The Hall–Kier alpha value is -2.44. The van der Waals surface area contributed by atoms with Gasteiger partial charge in [-0.1, -0.05) is 6.92 Å². The molecule has 2 aromatic heterocycles. The van der Waals surface area contributed by atoms with Gasteiger partial charge in [-0.3, -0.25) is 9.78 Å². The van der Waals surface area contributed by atoms with Gasteiger partial charge >= 0.3 is 0 Å². The first-order valence-electron chi connectivity index (χ1n) is 6.90. The standard InChI is InChI=1S/C14H19N5O2/c1-3-7-19-14(16-10-17-19)11(2)18-13(20)9-21-12-5-4-6-15-8-12/h4-6,8,10-11H,3,7,9H2,1-2H3,(H,18,20). The van der Waals surface area contributed by atoms with E-state index in [1.807, 2.05) is 6.92 Å². The van der Waals surface area contributed by atoms with Gasteiger partial charge in [0.1, 0.15) is 17.9 Å². The molecule has 2 aromatic rings. The van der Waals surface area contributed by atoms with Crippen molar-refractivity contribution in [2.24, 2.45) is 0 Å². The Balaban J connectivity index is 1.85. The van der Waals surface area contributed by atoms with Gasteiger partial charge in [0.25, 0.3) is 5.91 Å². The highest BCUT2D eigenvalue weighted by Gasteiger charge is 2.15. The van der Waals surface area contributed by atoms with Crippen LogP contribution in [0, 0.1) is 0 Å². The molecule has 0 fully saturated rings. The van der Waals surface area contributed by atoms with Gasteiger partial charge in [-0.2, -0.15) is 5.10 Å². The van der Waals surface area contributed by atoms with Crippen LogP contribution in [0.15, 0.2) is 30.9 Å². The predicted octanol–water partition coefficient (Wildman–Crippen LogP) is 1.34. The molecule has 21 heavy (non-hydrogen) atoms. The van der Waals surface area contributed by atoms with Crippen LogP contribution in [-0.2, 0) is 11.3 Å². The van der Waals surface area contributed by atoms with Crippen LogP contribution >= 0.6 is 0 Å². The molecule has 0 saturated carbocycles. The molecule has 1 unspecified atom stereocenters. The van der Waals surface area contributed by atoms with Gasteiger partial charge in [-0.05, 0) is 25.5 Å². The second kappa shape index (κ2) is 7.37. The van der Waals surface area contributed by atoms with Crippen molar-refractivity contribution in [3.8, 4) is 5.75 Å². The lowest BCUT2D eigenvalue weighted by Crippen LogP contribution is -2.32. The van der Waals surface area contributed by atoms with Gasteiger partial charge in [0.05, 0.1) is 12.2 Å². The number of aryl methyl sites for hydroxylation is 1. The molecular weight excluding hydrogens is 270 g/mol. The van der Waals surface area contributed by atoms with E-state index in [2.05, 4.69) is 27.3 Å². The third-order valence-electron chi connectivity index (χ3n) is 2.85. The Labute approximate surface area is 123 Å². The summed E-state index contributed by atoms with van der Waals surface area (Å²) in [5, 5.41) is 6.99. The van der Waals surface area contributed by atoms with E-state index in [1.165, 1.54) is 6.33 Å². The molecule has 0 radical (unpaired) electrons. The number of rotatable bonds is 7. The molecule has 0 spiro atoms. The summed E-state index contributed by atoms with van der Waals surface area (Å²) in [6.45, 7) is 4.66. The normalized spacial score (nSPS) is 11.9. The Kier molecular flexibility index (Phi) is 5.25. The minimum Gasteiger partial charge on any atom is -0.482 e. The zero-order valence-corrected chi connectivity index (χ0v) is 12.2. The van der Waals surface area contributed by atoms with Crippen LogP contribution in [0.2, 0.25) is 0 Å². The van der Waals surface area contributed by atoms with Crippen molar-refractivity contribution in [2.75, 3.05) is 6.61 Å². The molecule has 1 N–H and O–H groups in total. The first-order chi connectivity index (χ1) is 10.2. The van der Waals surface area contributed by atoms with Crippen molar-refractivity contribution in [1.82, 2.24) is 25.1 Å². The number of ether oxygens (including phenoxy) is 1. The molecule has 0 aromatic carbocycles. The van der Waals surface area contributed by atoms with E-state index in [9.17, 15) is 4.79 Å². The van der Waals surface area contributed by atoms with Crippen molar-refractivity contribution in [3.05, 3.63) is 36.7 Å². The topological polar surface area (TPSA) is 81.9 Å². The van der Waals surface area contributed by atoms with Gasteiger partial charge in [0.2, 0.25) is 0 Å². The highest BCUT2D eigenvalue weighted by Crippen LogP contribution is 2.09. The van der Waals surface area contributed by atoms with Gasteiger partial charge in [0, 0.05) is 12.7 Å². The second-order valence-electron chi connectivity index (χ2n) is 4.61. The van der Waals surface area contributed by atoms with Crippen molar-refractivity contribution < 1.29 is 9.53 Å². The largest absolute Gasteiger partial charge is 0.482 e. The summed E-state index contributed by atoms with van der Waals surface area (Å²) < 4.78 is 7.14. The number of amides is 1. The molecule has 0 bridgehead atoms. The van der Waals surface area contributed by atoms with E-state index in [1.54, 1.807) is 29.2 Å². The lowest BCUT2D eigenvalue weighted by Gasteiger charge is -2.14. The van der Waals surface area contributed by atoms with Gasteiger partial charge in [-0.15, -0.1) is 0 Å². The molecule has 7 nitrogen and oxygen atoms in total. The zero-order chi connectivity index (χ0) is 15.1. The van der Waals surface area contributed by atoms with E-state index in [-0.39, 0.29) is 18.6 Å². The highest BCUT2D eigenvalue weighted by molar-refractivity contribution is 5.77. The second-order valence-corrected chi connectivity index (χ2v) is 4.61. The molecule has 2 heterocycles. The van der Waals surface area contributed by atoms with E-state index in [0.717, 1.165) is 18.8 Å². The van der Waals surface area contributed by atoms with Crippen LogP contribution in [0.3, 0.4) is 0 Å². The number of nitrogens with zero attached hydrogens (tertiary/aromatic N) is 4. The van der Waals surface area contributed by atoms with E-state index >= 15 is 0 Å². The summed E-state index contributed by atoms with van der Waals surface area (Å²) in [6, 6.07) is 3.29. The van der Waals surface area contributed by atoms with Crippen LogP contribution in [-0.4, -0.2) is 32.3 Å². The Morgan fingerprint density at radius 1 is 1.52 bits per heavy atom. The highest BCUT2D eigenvalue weighted by atomic mass is 16.5. The Bertz CT molecular complexity index is 570. The Morgan fingerprint density at radius 2 is 2.38 bits per heavy atom. The number of nitrogens with one attached hydrogen (secondary N) is 1. The van der Waals surface area contributed by atoms with Crippen LogP contribution in [0.5, 0.6) is 5.75 Å². The molecule has 1 atom stereocenters. The number of carbonyl (C=O) groups is 1. The van der Waals surface area contributed by atoms with Crippen molar-refractivity contribution in [1.29, 1.82) is 0 Å². The summed E-state index contributed by atoms with van der Waals surface area (Å²) >= 11 is 0. The quantitative estimate of drug-likeness (QED) is 0.831. The maximum Gasteiger partial charge on any atom is 0.258 e. The summed E-state index contributed by atoms with van der Waals surface area (Å²) in [4.78, 5) is 20.0. The van der Waals surface area contributed by atoms with Crippen LogP contribution in [0.4, 0.5) is 0 Å². The molecule has 7 heteroatoms. The predicted molar refractivity (Wildman–Crippen MR) is 76.6 cm³/mol. The van der Waals surface area contributed by atoms with Crippen LogP contribution < -0.4 is 10.1 Å². The Morgan fingerprint density at radius 3 is 3.10 bits per heavy atom. The minimum atomic E-state index is -0.218. The molecule has 2 rings (SSSR count). The van der Waals surface area contributed by atoms with Gasteiger partial charge < -0.3 is 10.1 Å². The van der Waals surface area contributed by atoms with Gasteiger partial charge in [0.15, 0.2) is 6.61 Å². The molecule has 0 aliphatic carbocycles. The molecule has 0 saturated heterocycles. The molecule has 0 aliphatic rings. The number of aromatic nitrogens is 4. The van der Waals surface area contributed by atoms with Crippen molar-refractivity contribution in [3.63, 3.8) is 0 Å². The van der Waals surface area contributed by atoms with Crippen LogP contribution in [0.25, 0.3) is 0 Å². The van der Waals surface area contributed by atoms with Gasteiger partial charge in [-0.25, -0.2) is 9.67 Å². The fraction of sp³-hybridized carbons (Fsp3) is 0.429. The summed E-state index contributed by atoms with van der Waals surface area (Å²) in [6.07, 6.45) is 5.67. The first-order valence-corrected chi connectivity index (χ1v) is 6.90. The summed E-state index contributed by atoms with van der Waals surface area (Å²) in [5.41, 5.74) is 0. The first kappa shape index (κ1) is 15.0. The molecule has 112 valence electrons. The molecular formula is C14H19N5O2. The summed E-state index contributed by atoms with van der Waals surface area (Å²) in [7, 11) is 0. The van der Waals surface area contributed by atoms with Crippen LogP contribution in [0.1, 0.15) is 32.1 Å². The van der Waals surface area contributed by atoms with Crippen molar-refractivity contribution >= 4 is 5.91 Å². The summed E-state index contributed by atoms with van der Waals surface area (Å²) in [5.74, 6) is 1.10. The smallest absolute Gasteiger partial charge is 0.258 e. The van der Waals surface area contributed by atoms with E-state index in [0.29, 0.717) is 5.75 Å². The SMILES string of the molecule is CCCn1ncnc1C(C)NC(=O)COc1cccnc1. The van der Waals surface area contributed by atoms with Crippen molar-refractivity contribution in [2.45, 2.75) is 32.9 Å². The number of carbonyl (C=O) groups excluding carboxylic acids is 1. The molecule has 1 amide bonds. The third-order valence-corrected chi connectivity index (χ3v) is 2.85. The van der Waals surface area contributed by atoms with E-state index < -0.39 is 0 Å². The maximum absolute atomic E-state index is 11.9. The van der Waals surface area contributed by atoms with E-state index in [4.69, 9.17) is 4.74 Å². The number of pyridine rings is 1. The molecule has 0 aliphatic heterocycles.